The SMILES string of the molecule is CC(NC(=O)CC(O)c1ccccc1)c1ccc(-c2cccnc2)cc1. The van der Waals surface area contributed by atoms with E-state index >= 15 is 0 Å². The maximum absolute atomic E-state index is 12.2. The van der Waals surface area contributed by atoms with Gasteiger partial charge in [-0.1, -0.05) is 60.7 Å². The maximum atomic E-state index is 12.2. The molecule has 0 aliphatic carbocycles. The standard InChI is InChI=1S/C22H22N2O2/c1-16(24-22(26)14-21(25)19-6-3-2-4-7-19)17-9-11-18(12-10-17)20-8-5-13-23-15-20/h2-13,15-16,21,25H,14H2,1H3,(H,24,26). The number of rotatable bonds is 6. The first-order valence-corrected chi connectivity index (χ1v) is 8.66. The van der Waals surface area contributed by atoms with Crippen LogP contribution in [0.3, 0.4) is 0 Å². The molecule has 2 atom stereocenters. The number of aromatic nitrogens is 1. The molecule has 26 heavy (non-hydrogen) atoms. The largest absolute Gasteiger partial charge is 0.388 e. The van der Waals surface area contributed by atoms with E-state index in [0.717, 1.165) is 22.3 Å². The monoisotopic (exact) mass is 346 g/mol. The third kappa shape index (κ3) is 4.55. The lowest BCUT2D eigenvalue weighted by Gasteiger charge is -2.17. The molecule has 2 aromatic carbocycles. The third-order valence-electron chi connectivity index (χ3n) is 4.35. The fourth-order valence-electron chi connectivity index (χ4n) is 2.85. The minimum Gasteiger partial charge on any atom is -0.388 e. The number of pyridine rings is 1. The first-order valence-electron chi connectivity index (χ1n) is 8.66. The van der Waals surface area contributed by atoms with Crippen molar-refractivity contribution in [3.63, 3.8) is 0 Å². The maximum Gasteiger partial charge on any atom is 0.223 e. The van der Waals surface area contributed by atoms with Crippen LogP contribution in [0.5, 0.6) is 0 Å². The van der Waals surface area contributed by atoms with Gasteiger partial charge in [-0.3, -0.25) is 9.78 Å². The average molecular weight is 346 g/mol. The summed E-state index contributed by atoms with van der Waals surface area (Å²) in [6.45, 7) is 1.94. The van der Waals surface area contributed by atoms with Gasteiger partial charge in [0.15, 0.2) is 0 Å². The summed E-state index contributed by atoms with van der Waals surface area (Å²) in [6.07, 6.45) is 2.82. The fraction of sp³-hybridized carbons (Fsp3) is 0.182. The lowest BCUT2D eigenvalue weighted by atomic mass is 10.0. The van der Waals surface area contributed by atoms with Gasteiger partial charge in [0.25, 0.3) is 0 Å². The Labute approximate surface area is 153 Å². The zero-order chi connectivity index (χ0) is 18.4. The highest BCUT2D eigenvalue weighted by Crippen LogP contribution is 2.22. The summed E-state index contributed by atoms with van der Waals surface area (Å²) < 4.78 is 0. The molecular formula is C22H22N2O2. The number of aliphatic hydroxyl groups excluding tert-OH is 1. The van der Waals surface area contributed by atoms with Gasteiger partial charge in [0.05, 0.1) is 18.6 Å². The molecule has 0 saturated heterocycles. The van der Waals surface area contributed by atoms with Crippen LogP contribution in [0, 0.1) is 0 Å². The van der Waals surface area contributed by atoms with Crippen LogP contribution in [-0.2, 0) is 4.79 Å². The zero-order valence-corrected chi connectivity index (χ0v) is 14.7. The summed E-state index contributed by atoms with van der Waals surface area (Å²) in [5.41, 5.74) is 3.90. The van der Waals surface area contributed by atoms with E-state index in [1.165, 1.54) is 0 Å². The molecule has 132 valence electrons. The van der Waals surface area contributed by atoms with E-state index in [1.807, 2.05) is 79.9 Å². The number of amides is 1. The van der Waals surface area contributed by atoms with E-state index < -0.39 is 6.10 Å². The van der Waals surface area contributed by atoms with Gasteiger partial charge in [-0.25, -0.2) is 0 Å². The number of carbonyl (C=O) groups excluding carboxylic acids is 1. The quantitative estimate of drug-likeness (QED) is 0.708. The molecule has 2 N–H and O–H groups in total. The van der Waals surface area contributed by atoms with Gasteiger partial charge >= 0.3 is 0 Å². The van der Waals surface area contributed by atoms with E-state index in [4.69, 9.17) is 0 Å². The summed E-state index contributed by atoms with van der Waals surface area (Å²) in [5, 5.41) is 13.1. The summed E-state index contributed by atoms with van der Waals surface area (Å²) in [5.74, 6) is -0.176. The van der Waals surface area contributed by atoms with Crippen molar-refractivity contribution in [3.8, 4) is 11.1 Å². The Morgan fingerprint density at radius 1 is 0.962 bits per heavy atom. The number of hydrogen-bond donors (Lipinski definition) is 2. The van der Waals surface area contributed by atoms with Crippen molar-refractivity contribution in [2.45, 2.75) is 25.5 Å². The second-order valence-corrected chi connectivity index (χ2v) is 6.28. The summed E-state index contributed by atoms with van der Waals surface area (Å²) >= 11 is 0. The molecule has 0 spiro atoms. The molecule has 3 rings (SSSR count). The first-order chi connectivity index (χ1) is 12.6. The Morgan fingerprint density at radius 2 is 1.69 bits per heavy atom. The number of hydrogen-bond acceptors (Lipinski definition) is 3. The molecule has 1 aromatic heterocycles. The van der Waals surface area contributed by atoms with Crippen LogP contribution < -0.4 is 5.32 Å². The zero-order valence-electron chi connectivity index (χ0n) is 14.7. The highest BCUT2D eigenvalue weighted by Gasteiger charge is 2.15. The lowest BCUT2D eigenvalue weighted by molar-refractivity contribution is -0.123. The molecule has 0 radical (unpaired) electrons. The number of nitrogens with one attached hydrogen (secondary N) is 1. The van der Waals surface area contributed by atoms with Crippen LogP contribution in [0.1, 0.15) is 36.6 Å². The average Bonchev–Trinajstić information content (AvgIpc) is 2.69. The molecule has 0 aliphatic heterocycles. The Morgan fingerprint density at radius 3 is 2.35 bits per heavy atom. The van der Waals surface area contributed by atoms with Gasteiger partial charge in [0.2, 0.25) is 5.91 Å². The van der Waals surface area contributed by atoms with Crippen LogP contribution in [0.2, 0.25) is 0 Å². The minimum absolute atomic E-state index is 0.0438. The lowest BCUT2D eigenvalue weighted by Crippen LogP contribution is -2.27. The van der Waals surface area contributed by atoms with E-state index in [-0.39, 0.29) is 18.4 Å². The second kappa shape index (κ2) is 8.41. The molecular weight excluding hydrogens is 324 g/mol. The van der Waals surface area contributed by atoms with Crippen molar-refractivity contribution < 1.29 is 9.90 Å². The Bertz CT molecular complexity index is 833. The summed E-state index contributed by atoms with van der Waals surface area (Å²) in [6, 6.07) is 21.1. The van der Waals surface area contributed by atoms with Gasteiger partial charge in [-0.15, -0.1) is 0 Å². The van der Waals surface area contributed by atoms with Crippen molar-refractivity contribution in [2.24, 2.45) is 0 Å². The van der Waals surface area contributed by atoms with E-state index in [9.17, 15) is 9.90 Å². The Kier molecular flexibility index (Phi) is 5.77. The molecule has 0 aliphatic rings. The predicted octanol–water partition coefficient (Wildman–Crippen LogP) is 4.05. The molecule has 1 heterocycles. The van der Waals surface area contributed by atoms with Crippen molar-refractivity contribution in [2.75, 3.05) is 0 Å². The van der Waals surface area contributed by atoms with E-state index in [0.29, 0.717) is 0 Å². The summed E-state index contributed by atoms with van der Waals surface area (Å²) in [7, 11) is 0. The predicted molar refractivity (Wildman–Crippen MR) is 102 cm³/mol. The Balaban J connectivity index is 1.59. The molecule has 4 nitrogen and oxygen atoms in total. The number of nitrogens with zero attached hydrogens (tertiary/aromatic N) is 1. The van der Waals surface area contributed by atoms with E-state index in [2.05, 4.69) is 10.3 Å². The van der Waals surface area contributed by atoms with Crippen LogP contribution in [-0.4, -0.2) is 16.0 Å². The van der Waals surface area contributed by atoms with E-state index in [1.54, 1.807) is 6.20 Å². The highest BCUT2D eigenvalue weighted by atomic mass is 16.3. The van der Waals surface area contributed by atoms with Crippen LogP contribution >= 0.6 is 0 Å². The molecule has 4 heteroatoms. The second-order valence-electron chi connectivity index (χ2n) is 6.28. The molecule has 0 fully saturated rings. The van der Waals surface area contributed by atoms with Crippen LogP contribution in [0.4, 0.5) is 0 Å². The van der Waals surface area contributed by atoms with Crippen LogP contribution in [0.25, 0.3) is 11.1 Å². The van der Waals surface area contributed by atoms with Crippen molar-refractivity contribution in [3.05, 3.63) is 90.3 Å². The fourth-order valence-corrected chi connectivity index (χ4v) is 2.85. The molecule has 3 aromatic rings. The van der Waals surface area contributed by atoms with Crippen molar-refractivity contribution >= 4 is 5.91 Å². The first kappa shape index (κ1) is 17.8. The van der Waals surface area contributed by atoms with Crippen molar-refractivity contribution in [1.82, 2.24) is 10.3 Å². The van der Waals surface area contributed by atoms with Gasteiger partial charge in [0, 0.05) is 12.4 Å². The summed E-state index contributed by atoms with van der Waals surface area (Å²) in [4.78, 5) is 16.3. The Hall–Kier alpha value is -2.98. The molecule has 2 unspecified atom stereocenters. The number of carbonyl (C=O) groups is 1. The number of benzene rings is 2. The van der Waals surface area contributed by atoms with Gasteiger partial charge in [0.1, 0.15) is 0 Å². The molecule has 0 saturated carbocycles. The van der Waals surface area contributed by atoms with Crippen molar-refractivity contribution in [1.29, 1.82) is 0 Å². The van der Waals surface area contributed by atoms with Gasteiger partial charge in [-0.2, -0.15) is 0 Å². The van der Waals surface area contributed by atoms with Gasteiger partial charge < -0.3 is 10.4 Å². The smallest absolute Gasteiger partial charge is 0.223 e. The number of aliphatic hydroxyl groups is 1. The molecule has 0 bridgehead atoms. The third-order valence-corrected chi connectivity index (χ3v) is 4.35. The van der Waals surface area contributed by atoms with Gasteiger partial charge in [-0.05, 0) is 35.2 Å². The van der Waals surface area contributed by atoms with Crippen LogP contribution in [0.15, 0.2) is 79.1 Å². The molecule has 1 amide bonds. The highest BCUT2D eigenvalue weighted by molar-refractivity contribution is 5.77. The topological polar surface area (TPSA) is 62.2 Å². The normalized spacial score (nSPS) is 13.0. The minimum atomic E-state index is -0.795.